The van der Waals surface area contributed by atoms with Gasteiger partial charge in [0.15, 0.2) is 0 Å². The third-order valence-electron chi connectivity index (χ3n) is 2.78. The Hall–Kier alpha value is -2.29. The number of para-hydroxylation sites is 1. The number of nitrogens with two attached hydrogens (primary N) is 1. The minimum atomic E-state index is 0.639. The molecule has 0 fully saturated rings. The summed E-state index contributed by atoms with van der Waals surface area (Å²) in [6.45, 7) is 2.03. The molecule has 0 bridgehead atoms. The van der Waals surface area contributed by atoms with Gasteiger partial charge in [-0.15, -0.1) is 0 Å². The second kappa shape index (κ2) is 3.63. The van der Waals surface area contributed by atoms with Crippen LogP contribution in [0.25, 0.3) is 22.3 Å². The Morgan fingerprint density at radius 3 is 2.82 bits per heavy atom. The number of aryl methyl sites for hydroxylation is 1. The van der Waals surface area contributed by atoms with Crippen molar-refractivity contribution >= 4 is 16.7 Å². The van der Waals surface area contributed by atoms with Crippen LogP contribution in [0.2, 0.25) is 0 Å². The van der Waals surface area contributed by atoms with E-state index in [1.54, 1.807) is 12.4 Å². The Labute approximate surface area is 98.9 Å². The quantitative estimate of drug-likeness (QED) is 0.689. The number of pyridine rings is 1. The van der Waals surface area contributed by atoms with Crippen LogP contribution in [0.5, 0.6) is 0 Å². The first kappa shape index (κ1) is 9.90. The fourth-order valence-electron chi connectivity index (χ4n) is 1.94. The Morgan fingerprint density at radius 1 is 1.18 bits per heavy atom. The molecule has 3 aromatic rings. The van der Waals surface area contributed by atoms with Crippen molar-refractivity contribution in [2.75, 3.05) is 5.73 Å². The fourth-order valence-corrected chi connectivity index (χ4v) is 1.94. The number of furan rings is 1. The van der Waals surface area contributed by atoms with Crippen molar-refractivity contribution in [2.45, 2.75) is 6.92 Å². The molecule has 0 aliphatic carbocycles. The van der Waals surface area contributed by atoms with Gasteiger partial charge < -0.3 is 10.2 Å². The molecule has 1 aromatic carbocycles. The van der Waals surface area contributed by atoms with Crippen LogP contribution >= 0.6 is 0 Å². The Morgan fingerprint density at radius 2 is 2.06 bits per heavy atom. The molecular formula is C14H12N2O. The van der Waals surface area contributed by atoms with Crippen molar-refractivity contribution in [1.82, 2.24) is 4.98 Å². The molecule has 2 aromatic heterocycles. The summed E-state index contributed by atoms with van der Waals surface area (Å²) in [6, 6.07) is 9.97. The molecule has 0 atom stereocenters. The number of rotatable bonds is 1. The van der Waals surface area contributed by atoms with Gasteiger partial charge in [-0.25, -0.2) is 0 Å². The van der Waals surface area contributed by atoms with Crippen LogP contribution in [0.15, 0.2) is 47.1 Å². The van der Waals surface area contributed by atoms with Crippen molar-refractivity contribution < 1.29 is 4.42 Å². The van der Waals surface area contributed by atoms with Crippen molar-refractivity contribution in [3.63, 3.8) is 0 Å². The summed E-state index contributed by atoms with van der Waals surface area (Å²) < 4.78 is 5.84. The minimum absolute atomic E-state index is 0.639. The molecule has 17 heavy (non-hydrogen) atoms. The topological polar surface area (TPSA) is 52.0 Å². The van der Waals surface area contributed by atoms with Gasteiger partial charge in [-0.1, -0.05) is 18.2 Å². The number of benzene rings is 1. The van der Waals surface area contributed by atoms with E-state index >= 15 is 0 Å². The number of aromatic nitrogens is 1. The third kappa shape index (κ3) is 1.65. The number of nitrogen functional groups attached to an aromatic ring is 1. The van der Waals surface area contributed by atoms with Crippen LogP contribution < -0.4 is 5.73 Å². The lowest BCUT2D eigenvalue weighted by Crippen LogP contribution is -1.86. The maximum atomic E-state index is 5.84. The van der Waals surface area contributed by atoms with Crippen molar-refractivity contribution in [2.24, 2.45) is 0 Å². The molecule has 0 unspecified atom stereocenters. The number of nitrogens with zero attached hydrogens (tertiary/aromatic N) is 1. The lowest BCUT2D eigenvalue weighted by atomic mass is 10.1. The van der Waals surface area contributed by atoms with Gasteiger partial charge in [0.05, 0.1) is 5.69 Å². The maximum Gasteiger partial charge on any atom is 0.137 e. The van der Waals surface area contributed by atoms with Crippen LogP contribution in [0.3, 0.4) is 0 Å². The molecule has 0 aliphatic rings. The molecule has 0 amide bonds. The Balaban J connectivity index is 2.22. The van der Waals surface area contributed by atoms with Gasteiger partial charge in [-0.2, -0.15) is 0 Å². The molecule has 2 N–H and O–H groups in total. The third-order valence-corrected chi connectivity index (χ3v) is 2.78. The van der Waals surface area contributed by atoms with E-state index in [0.29, 0.717) is 5.69 Å². The number of fused-ring (bicyclic) bond motifs is 1. The summed E-state index contributed by atoms with van der Waals surface area (Å²) >= 11 is 0. The summed E-state index contributed by atoms with van der Waals surface area (Å²) in [5, 5.41) is 1.10. The van der Waals surface area contributed by atoms with E-state index in [1.807, 2.05) is 37.3 Å². The van der Waals surface area contributed by atoms with E-state index in [1.165, 1.54) is 0 Å². The first-order valence-electron chi connectivity index (χ1n) is 5.44. The number of hydrogen-bond acceptors (Lipinski definition) is 3. The largest absolute Gasteiger partial charge is 0.456 e. The molecule has 0 saturated carbocycles. The van der Waals surface area contributed by atoms with E-state index in [9.17, 15) is 0 Å². The smallest absolute Gasteiger partial charge is 0.137 e. The maximum absolute atomic E-state index is 5.84. The van der Waals surface area contributed by atoms with E-state index < -0.39 is 0 Å². The van der Waals surface area contributed by atoms with Gasteiger partial charge in [0.1, 0.15) is 11.3 Å². The molecule has 2 heterocycles. The monoisotopic (exact) mass is 224 g/mol. The first-order chi connectivity index (χ1) is 8.24. The number of hydrogen-bond donors (Lipinski definition) is 1. The zero-order chi connectivity index (χ0) is 11.8. The summed E-state index contributed by atoms with van der Waals surface area (Å²) in [5.41, 5.74) is 9.31. The molecule has 3 heteroatoms. The van der Waals surface area contributed by atoms with E-state index in [-0.39, 0.29) is 0 Å². The molecule has 84 valence electrons. The van der Waals surface area contributed by atoms with Crippen LogP contribution in [-0.2, 0) is 0 Å². The molecule has 3 rings (SSSR count). The lowest BCUT2D eigenvalue weighted by molar-refractivity contribution is 0.628. The highest BCUT2D eigenvalue weighted by atomic mass is 16.3. The second-order valence-corrected chi connectivity index (χ2v) is 4.11. The van der Waals surface area contributed by atoms with Gasteiger partial charge in [0, 0.05) is 23.3 Å². The molecule has 3 nitrogen and oxygen atoms in total. The van der Waals surface area contributed by atoms with Gasteiger partial charge >= 0.3 is 0 Å². The summed E-state index contributed by atoms with van der Waals surface area (Å²) in [6.07, 6.45) is 3.38. The summed E-state index contributed by atoms with van der Waals surface area (Å²) in [7, 11) is 0. The highest BCUT2D eigenvalue weighted by molar-refractivity contribution is 5.85. The van der Waals surface area contributed by atoms with Gasteiger partial charge in [0.2, 0.25) is 0 Å². The molecular weight excluding hydrogens is 212 g/mol. The zero-order valence-corrected chi connectivity index (χ0v) is 9.47. The summed E-state index contributed by atoms with van der Waals surface area (Å²) in [4.78, 5) is 4.07. The SMILES string of the molecule is Cc1cccc2cc(-c3cncc(N)c3)oc12. The first-order valence-corrected chi connectivity index (χ1v) is 5.44. The van der Waals surface area contributed by atoms with Gasteiger partial charge in [0.25, 0.3) is 0 Å². The average molecular weight is 224 g/mol. The molecule has 0 radical (unpaired) electrons. The predicted octanol–water partition coefficient (Wildman–Crippen LogP) is 3.39. The van der Waals surface area contributed by atoms with Crippen LogP contribution in [0.4, 0.5) is 5.69 Å². The minimum Gasteiger partial charge on any atom is -0.456 e. The predicted molar refractivity (Wildman–Crippen MR) is 68.6 cm³/mol. The lowest BCUT2D eigenvalue weighted by Gasteiger charge is -1.97. The standard InChI is InChI=1S/C14H12N2O/c1-9-3-2-4-10-6-13(17-14(9)10)11-5-12(15)8-16-7-11/h2-8H,15H2,1H3. The Bertz CT molecular complexity index is 686. The highest BCUT2D eigenvalue weighted by Crippen LogP contribution is 2.29. The van der Waals surface area contributed by atoms with Crippen LogP contribution in [0, 0.1) is 6.92 Å². The second-order valence-electron chi connectivity index (χ2n) is 4.11. The normalized spacial score (nSPS) is 10.9. The van der Waals surface area contributed by atoms with Crippen LogP contribution in [-0.4, -0.2) is 4.98 Å². The van der Waals surface area contributed by atoms with Gasteiger partial charge in [-0.3, -0.25) is 4.98 Å². The molecule has 0 aliphatic heterocycles. The Kier molecular flexibility index (Phi) is 2.11. The summed E-state index contributed by atoms with van der Waals surface area (Å²) in [5.74, 6) is 0.800. The van der Waals surface area contributed by atoms with Crippen molar-refractivity contribution in [3.8, 4) is 11.3 Å². The van der Waals surface area contributed by atoms with Gasteiger partial charge in [-0.05, 0) is 24.6 Å². The molecule has 0 spiro atoms. The average Bonchev–Trinajstić information content (AvgIpc) is 2.74. The van der Waals surface area contributed by atoms with Crippen LogP contribution in [0.1, 0.15) is 5.56 Å². The van der Waals surface area contributed by atoms with Crippen molar-refractivity contribution in [1.29, 1.82) is 0 Å². The fraction of sp³-hybridized carbons (Fsp3) is 0.0714. The van der Waals surface area contributed by atoms with E-state index in [4.69, 9.17) is 10.2 Å². The zero-order valence-electron chi connectivity index (χ0n) is 9.47. The van der Waals surface area contributed by atoms with E-state index in [0.717, 1.165) is 27.9 Å². The highest BCUT2D eigenvalue weighted by Gasteiger charge is 2.08. The van der Waals surface area contributed by atoms with E-state index in [2.05, 4.69) is 4.98 Å². The molecule has 0 saturated heterocycles. The van der Waals surface area contributed by atoms with Crippen molar-refractivity contribution in [3.05, 3.63) is 48.3 Å². The number of anilines is 1.